The molecular weight excluding hydrogens is 285 g/mol. The number of carbonyl (C=O) groups excluding carboxylic acids is 1. The van der Waals surface area contributed by atoms with E-state index in [0.29, 0.717) is 23.6 Å². The fourth-order valence-electron chi connectivity index (χ4n) is 1.81. The summed E-state index contributed by atoms with van der Waals surface area (Å²) in [5.41, 5.74) is 4.36. The van der Waals surface area contributed by atoms with E-state index in [-0.39, 0.29) is 11.3 Å². The Balaban J connectivity index is 2.60. The van der Waals surface area contributed by atoms with Gasteiger partial charge in [-0.3, -0.25) is 9.78 Å². The maximum absolute atomic E-state index is 12.7. The van der Waals surface area contributed by atoms with Gasteiger partial charge in [-0.05, 0) is 18.2 Å². The lowest BCUT2D eigenvalue weighted by Crippen LogP contribution is -2.16. The summed E-state index contributed by atoms with van der Waals surface area (Å²) in [6.45, 7) is 0. The molecule has 1 amide bonds. The molecule has 2 rings (SSSR count). The minimum atomic E-state index is -4.59. The third-order valence-corrected chi connectivity index (χ3v) is 2.82. The molecule has 0 radical (unpaired) electrons. The van der Waals surface area contributed by atoms with E-state index in [1.807, 2.05) is 0 Å². The first-order chi connectivity index (χ1) is 9.82. The predicted molar refractivity (Wildman–Crippen MR) is 69.7 cm³/mol. The summed E-state index contributed by atoms with van der Waals surface area (Å²) in [6, 6.07) is 7.16. The van der Waals surface area contributed by atoms with Gasteiger partial charge in [0.25, 0.3) is 5.91 Å². The van der Waals surface area contributed by atoms with Gasteiger partial charge < -0.3 is 10.5 Å². The number of halogens is 3. The number of carbonyl (C=O) groups is 1. The molecular formula is C14H11F3N2O2. The van der Waals surface area contributed by atoms with E-state index >= 15 is 0 Å². The molecule has 1 heterocycles. The van der Waals surface area contributed by atoms with E-state index < -0.39 is 17.6 Å². The average Bonchev–Trinajstić information content (AvgIpc) is 2.45. The van der Waals surface area contributed by atoms with Crippen LogP contribution in [0.5, 0.6) is 5.75 Å². The molecule has 110 valence electrons. The molecule has 0 unspecified atom stereocenters. The first-order valence-electron chi connectivity index (χ1n) is 5.84. The van der Waals surface area contributed by atoms with Crippen molar-refractivity contribution >= 4 is 5.91 Å². The van der Waals surface area contributed by atoms with Crippen molar-refractivity contribution in [3.8, 4) is 17.0 Å². The third kappa shape index (κ3) is 3.13. The zero-order valence-electron chi connectivity index (χ0n) is 10.9. The monoisotopic (exact) mass is 296 g/mol. The molecule has 0 atom stereocenters. The molecule has 4 nitrogen and oxygen atoms in total. The van der Waals surface area contributed by atoms with E-state index in [9.17, 15) is 18.0 Å². The number of hydrogen-bond acceptors (Lipinski definition) is 3. The highest BCUT2D eigenvalue weighted by Crippen LogP contribution is 2.32. The highest BCUT2D eigenvalue weighted by Gasteiger charge is 2.32. The van der Waals surface area contributed by atoms with Crippen LogP contribution in [0.15, 0.2) is 36.5 Å². The molecule has 0 bridgehead atoms. The van der Waals surface area contributed by atoms with Crippen molar-refractivity contribution < 1.29 is 22.7 Å². The van der Waals surface area contributed by atoms with Crippen LogP contribution in [0.4, 0.5) is 13.2 Å². The molecule has 1 aromatic heterocycles. The van der Waals surface area contributed by atoms with Gasteiger partial charge in [0.1, 0.15) is 5.75 Å². The van der Waals surface area contributed by atoms with Crippen LogP contribution in [0.2, 0.25) is 0 Å². The second kappa shape index (κ2) is 5.43. The summed E-state index contributed by atoms with van der Waals surface area (Å²) in [7, 11) is 1.45. The molecule has 1 aromatic carbocycles. The van der Waals surface area contributed by atoms with Crippen molar-refractivity contribution in [1.82, 2.24) is 4.98 Å². The van der Waals surface area contributed by atoms with Crippen molar-refractivity contribution in [3.63, 3.8) is 0 Å². The van der Waals surface area contributed by atoms with Gasteiger partial charge in [-0.2, -0.15) is 13.2 Å². The normalized spacial score (nSPS) is 11.2. The van der Waals surface area contributed by atoms with Gasteiger partial charge in [0.05, 0.1) is 23.9 Å². The third-order valence-electron chi connectivity index (χ3n) is 2.82. The second-order valence-corrected chi connectivity index (χ2v) is 4.21. The van der Waals surface area contributed by atoms with Crippen LogP contribution in [0.3, 0.4) is 0 Å². The minimum Gasteiger partial charge on any atom is -0.497 e. The zero-order valence-corrected chi connectivity index (χ0v) is 10.9. The lowest BCUT2D eigenvalue weighted by molar-refractivity contribution is -0.137. The molecule has 0 aliphatic heterocycles. The van der Waals surface area contributed by atoms with Crippen LogP contribution >= 0.6 is 0 Å². The van der Waals surface area contributed by atoms with E-state index in [0.717, 1.165) is 0 Å². The molecule has 7 heteroatoms. The van der Waals surface area contributed by atoms with Crippen molar-refractivity contribution in [3.05, 3.63) is 47.7 Å². The lowest BCUT2D eigenvalue weighted by atomic mass is 10.0. The quantitative estimate of drug-likeness (QED) is 0.947. The Morgan fingerprint density at radius 1 is 1.29 bits per heavy atom. The van der Waals surface area contributed by atoms with Crippen molar-refractivity contribution in [1.29, 1.82) is 0 Å². The number of nitrogens with zero attached hydrogens (tertiary/aromatic N) is 1. The van der Waals surface area contributed by atoms with E-state index in [2.05, 4.69) is 4.98 Å². The maximum Gasteiger partial charge on any atom is 0.417 e. The topological polar surface area (TPSA) is 65.2 Å². The predicted octanol–water partition coefficient (Wildman–Crippen LogP) is 2.87. The average molecular weight is 296 g/mol. The summed E-state index contributed by atoms with van der Waals surface area (Å²) < 4.78 is 43.0. The summed E-state index contributed by atoms with van der Waals surface area (Å²) in [5, 5.41) is 0. The number of primary amides is 1. The Morgan fingerprint density at radius 3 is 2.57 bits per heavy atom. The van der Waals surface area contributed by atoms with Gasteiger partial charge in [0.2, 0.25) is 0 Å². The highest BCUT2D eigenvalue weighted by atomic mass is 19.4. The van der Waals surface area contributed by atoms with Crippen LogP contribution < -0.4 is 10.5 Å². The molecule has 0 aliphatic carbocycles. The Kier molecular flexibility index (Phi) is 3.84. The highest BCUT2D eigenvalue weighted by molar-refractivity contribution is 5.99. The summed E-state index contributed by atoms with van der Waals surface area (Å²) >= 11 is 0. The number of methoxy groups -OCH3 is 1. The van der Waals surface area contributed by atoms with Gasteiger partial charge >= 0.3 is 6.18 Å². The minimum absolute atomic E-state index is 0.0781. The van der Waals surface area contributed by atoms with Gasteiger partial charge in [-0.25, -0.2) is 0 Å². The first kappa shape index (κ1) is 14.8. The van der Waals surface area contributed by atoms with Crippen LogP contribution in [-0.2, 0) is 6.18 Å². The number of hydrogen-bond donors (Lipinski definition) is 1. The standard InChI is InChI=1S/C14H11F3N2O2/c1-21-10-4-2-3-8(5-10)12-11(13(18)20)6-9(7-19-12)14(15,16)17/h2-7H,1H3,(H2,18,20). The molecule has 0 aliphatic rings. The van der Waals surface area contributed by atoms with Gasteiger partial charge in [0.15, 0.2) is 0 Å². The van der Waals surface area contributed by atoms with Crippen molar-refractivity contribution in [2.24, 2.45) is 5.73 Å². The number of pyridine rings is 1. The van der Waals surface area contributed by atoms with E-state index in [1.54, 1.807) is 24.3 Å². The number of amides is 1. The van der Waals surface area contributed by atoms with Gasteiger partial charge in [0, 0.05) is 11.8 Å². The molecule has 21 heavy (non-hydrogen) atoms. The van der Waals surface area contributed by atoms with Gasteiger partial charge in [-0.1, -0.05) is 12.1 Å². The van der Waals surface area contributed by atoms with E-state index in [1.165, 1.54) is 7.11 Å². The Morgan fingerprint density at radius 2 is 2.00 bits per heavy atom. The number of aromatic nitrogens is 1. The number of ether oxygens (including phenoxy) is 1. The molecule has 2 N–H and O–H groups in total. The molecule has 2 aromatic rings. The number of nitrogens with two attached hydrogens (primary N) is 1. The lowest BCUT2D eigenvalue weighted by Gasteiger charge is -2.11. The zero-order chi connectivity index (χ0) is 15.6. The number of benzene rings is 1. The molecule has 0 saturated carbocycles. The van der Waals surface area contributed by atoms with Crippen LogP contribution in [0.1, 0.15) is 15.9 Å². The SMILES string of the molecule is COc1cccc(-c2ncc(C(F)(F)F)cc2C(N)=O)c1. The molecule has 0 fully saturated rings. The summed E-state index contributed by atoms with van der Waals surface area (Å²) in [5.74, 6) is -0.490. The smallest absolute Gasteiger partial charge is 0.417 e. The molecule has 0 spiro atoms. The van der Waals surface area contributed by atoms with Crippen molar-refractivity contribution in [2.45, 2.75) is 6.18 Å². The summed E-state index contributed by atoms with van der Waals surface area (Å²) in [4.78, 5) is 15.1. The van der Waals surface area contributed by atoms with E-state index in [4.69, 9.17) is 10.5 Å². The maximum atomic E-state index is 12.7. The Hall–Kier alpha value is -2.57. The fourth-order valence-corrected chi connectivity index (χ4v) is 1.81. The van der Waals surface area contributed by atoms with Crippen LogP contribution in [0.25, 0.3) is 11.3 Å². The van der Waals surface area contributed by atoms with Crippen LogP contribution in [0, 0.1) is 0 Å². The van der Waals surface area contributed by atoms with Crippen LogP contribution in [-0.4, -0.2) is 18.0 Å². The largest absolute Gasteiger partial charge is 0.497 e. The Bertz CT molecular complexity index is 684. The Labute approximate surface area is 118 Å². The number of alkyl halides is 3. The fraction of sp³-hybridized carbons (Fsp3) is 0.143. The first-order valence-corrected chi connectivity index (χ1v) is 5.84. The second-order valence-electron chi connectivity index (χ2n) is 4.21. The molecule has 0 saturated heterocycles. The summed E-state index contributed by atoms with van der Waals surface area (Å²) in [6.07, 6.45) is -3.93. The number of rotatable bonds is 3. The van der Waals surface area contributed by atoms with Crippen molar-refractivity contribution in [2.75, 3.05) is 7.11 Å². The van der Waals surface area contributed by atoms with Gasteiger partial charge in [-0.15, -0.1) is 0 Å².